The van der Waals surface area contributed by atoms with E-state index in [9.17, 15) is 19.2 Å². The van der Waals surface area contributed by atoms with Crippen molar-refractivity contribution in [3.63, 3.8) is 0 Å². The van der Waals surface area contributed by atoms with E-state index >= 15 is 0 Å². The number of aromatic amines is 1. The third kappa shape index (κ3) is 4.23. The molecule has 2 amide bonds. The summed E-state index contributed by atoms with van der Waals surface area (Å²) >= 11 is 0. The summed E-state index contributed by atoms with van der Waals surface area (Å²) < 4.78 is 0. The molecule has 8 heteroatoms. The number of nitrogens with two attached hydrogens (primary N) is 1. The SMILES string of the molecule is Cc1cc(=O)c(C(=O)N[C@@H](CCC(N)=O)C(=O)O)c[nH]1. The van der Waals surface area contributed by atoms with Gasteiger partial charge < -0.3 is 21.1 Å². The van der Waals surface area contributed by atoms with Crippen LogP contribution in [0.1, 0.15) is 28.9 Å². The number of aryl methyl sites for hydroxylation is 1. The minimum absolute atomic E-state index is 0.139. The largest absolute Gasteiger partial charge is 0.480 e. The van der Waals surface area contributed by atoms with Crippen LogP contribution in [0.25, 0.3) is 0 Å². The van der Waals surface area contributed by atoms with E-state index in [1.807, 2.05) is 0 Å². The molecule has 0 fully saturated rings. The highest BCUT2D eigenvalue weighted by Gasteiger charge is 2.22. The fraction of sp³-hybridized carbons (Fsp3) is 0.333. The minimum atomic E-state index is -1.30. The molecule has 0 spiro atoms. The number of carbonyl (C=O) groups is 3. The van der Waals surface area contributed by atoms with Gasteiger partial charge in [0.25, 0.3) is 5.91 Å². The van der Waals surface area contributed by atoms with Gasteiger partial charge in [0, 0.05) is 24.4 Å². The summed E-state index contributed by atoms with van der Waals surface area (Å²) in [5.74, 6) is -2.79. The number of aliphatic carboxylic acids is 1. The van der Waals surface area contributed by atoms with Gasteiger partial charge in [-0.3, -0.25) is 14.4 Å². The van der Waals surface area contributed by atoms with Gasteiger partial charge in [-0.25, -0.2) is 4.79 Å². The molecule has 0 saturated heterocycles. The number of primary amides is 1. The predicted molar refractivity (Wildman–Crippen MR) is 69.1 cm³/mol. The average Bonchev–Trinajstić information content (AvgIpc) is 2.33. The van der Waals surface area contributed by atoms with Crippen LogP contribution in [0.3, 0.4) is 0 Å². The van der Waals surface area contributed by atoms with E-state index in [-0.39, 0.29) is 18.4 Å². The van der Waals surface area contributed by atoms with Crippen molar-refractivity contribution in [3.8, 4) is 0 Å². The Labute approximate surface area is 114 Å². The third-order valence-electron chi connectivity index (χ3n) is 2.58. The lowest BCUT2D eigenvalue weighted by Crippen LogP contribution is -2.42. The Morgan fingerprint density at radius 2 is 2.10 bits per heavy atom. The molecule has 0 radical (unpaired) electrons. The Kier molecular flexibility index (Phi) is 5.01. The Bertz CT molecular complexity index is 593. The third-order valence-corrected chi connectivity index (χ3v) is 2.58. The van der Waals surface area contributed by atoms with E-state index in [0.29, 0.717) is 5.69 Å². The van der Waals surface area contributed by atoms with E-state index < -0.39 is 29.3 Å². The van der Waals surface area contributed by atoms with Crippen molar-refractivity contribution in [1.29, 1.82) is 0 Å². The summed E-state index contributed by atoms with van der Waals surface area (Å²) in [6.45, 7) is 1.65. The molecule has 108 valence electrons. The van der Waals surface area contributed by atoms with E-state index in [2.05, 4.69) is 10.3 Å². The number of rotatable bonds is 6. The molecule has 1 aromatic heterocycles. The maximum absolute atomic E-state index is 11.8. The van der Waals surface area contributed by atoms with Gasteiger partial charge in [-0.15, -0.1) is 0 Å². The number of hydrogen-bond donors (Lipinski definition) is 4. The van der Waals surface area contributed by atoms with Crippen LogP contribution < -0.4 is 16.5 Å². The smallest absolute Gasteiger partial charge is 0.326 e. The quantitative estimate of drug-likeness (QED) is 0.536. The maximum Gasteiger partial charge on any atom is 0.326 e. The Morgan fingerprint density at radius 3 is 2.60 bits per heavy atom. The van der Waals surface area contributed by atoms with Crippen molar-refractivity contribution in [2.24, 2.45) is 5.73 Å². The normalized spacial score (nSPS) is 11.7. The number of carboxylic acid groups (broad SMARTS) is 1. The molecule has 20 heavy (non-hydrogen) atoms. The van der Waals surface area contributed by atoms with Crippen molar-refractivity contribution in [2.75, 3.05) is 0 Å². The molecule has 1 heterocycles. The zero-order valence-electron chi connectivity index (χ0n) is 10.8. The summed E-state index contributed by atoms with van der Waals surface area (Å²) in [5.41, 5.74) is 4.79. The number of nitrogens with one attached hydrogen (secondary N) is 2. The Hall–Kier alpha value is -2.64. The molecular formula is C12H15N3O5. The first-order valence-electron chi connectivity index (χ1n) is 5.82. The zero-order chi connectivity index (χ0) is 15.3. The molecular weight excluding hydrogens is 266 g/mol. The lowest BCUT2D eigenvalue weighted by atomic mass is 10.1. The van der Waals surface area contributed by atoms with Crippen LogP contribution in [0, 0.1) is 6.92 Å². The summed E-state index contributed by atoms with van der Waals surface area (Å²) in [7, 11) is 0. The maximum atomic E-state index is 11.8. The predicted octanol–water partition coefficient (Wildman–Crippen LogP) is -0.868. The van der Waals surface area contributed by atoms with Crippen LogP contribution in [0.15, 0.2) is 17.1 Å². The van der Waals surface area contributed by atoms with Crippen LogP contribution in [0.2, 0.25) is 0 Å². The van der Waals surface area contributed by atoms with Crippen LogP contribution in [-0.2, 0) is 9.59 Å². The first kappa shape index (κ1) is 15.4. The molecule has 8 nitrogen and oxygen atoms in total. The molecule has 0 bridgehead atoms. The molecule has 0 aliphatic heterocycles. The van der Waals surface area contributed by atoms with Crippen molar-refractivity contribution in [1.82, 2.24) is 10.3 Å². The summed E-state index contributed by atoms with van der Waals surface area (Å²) in [6.07, 6.45) is 0.891. The van der Waals surface area contributed by atoms with Gasteiger partial charge >= 0.3 is 5.97 Å². The van der Waals surface area contributed by atoms with Gasteiger partial charge in [0.1, 0.15) is 11.6 Å². The molecule has 0 aliphatic carbocycles. The second kappa shape index (κ2) is 6.50. The highest BCUT2D eigenvalue weighted by Crippen LogP contribution is 2.00. The molecule has 0 aromatic carbocycles. The highest BCUT2D eigenvalue weighted by atomic mass is 16.4. The van der Waals surface area contributed by atoms with Gasteiger partial charge in [-0.2, -0.15) is 0 Å². The second-order valence-corrected chi connectivity index (χ2v) is 4.26. The van der Waals surface area contributed by atoms with Crippen LogP contribution in [0.5, 0.6) is 0 Å². The standard InChI is InChI=1S/C12H15N3O5/c1-6-4-9(16)7(5-14-6)11(18)15-8(12(19)20)2-3-10(13)17/h4-5,8H,2-3H2,1H3,(H2,13,17)(H,14,16)(H,15,18)(H,19,20)/t8-/m0/s1. The van der Waals surface area contributed by atoms with E-state index in [1.54, 1.807) is 6.92 Å². The molecule has 1 aromatic rings. The Morgan fingerprint density at radius 1 is 1.45 bits per heavy atom. The van der Waals surface area contributed by atoms with Crippen molar-refractivity contribution >= 4 is 17.8 Å². The number of H-pyrrole nitrogens is 1. The molecule has 5 N–H and O–H groups in total. The number of carbonyl (C=O) groups excluding carboxylic acids is 2. The number of pyridine rings is 1. The zero-order valence-corrected chi connectivity index (χ0v) is 10.8. The van der Waals surface area contributed by atoms with Crippen LogP contribution >= 0.6 is 0 Å². The van der Waals surface area contributed by atoms with Crippen LogP contribution in [0.4, 0.5) is 0 Å². The summed E-state index contributed by atoms with van der Waals surface area (Å²) in [4.78, 5) is 47.7. The van der Waals surface area contributed by atoms with E-state index in [0.717, 1.165) is 0 Å². The van der Waals surface area contributed by atoms with Gasteiger partial charge in [-0.1, -0.05) is 0 Å². The first-order chi connectivity index (χ1) is 9.31. The molecule has 0 unspecified atom stereocenters. The lowest BCUT2D eigenvalue weighted by Gasteiger charge is -2.13. The van der Waals surface area contributed by atoms with E-state index in [4.69, 9.17) is 10.8 Å². The topological polar surface area (TPSA) is 142 Å². The number of aromatic nitrogens is 1. The number of amides is 2. The first-order valence-corrected chi connectivity index (χ1v) is 5.82. The van der Waals surface area contributed by atoms with Gasteiger partial charge in [0.2, 0.25) is 5.91 Å². The molecule has 0 saturated carbocycles. The Balaban J connectivity index is 2.82. The second-order valence-electron chi connectivity index (χ2n) is 4.26. The average molecular weight is 281 g/mol. The van der Waals surface area contributed by atoms with Crippen LogP contribution in [-0.4, -0.2) is 33.9 Å². The fourth-order valence-electron chi connectivity index (χ4n) is 1.53. The monoisotopic (exact) mass is 281 g/mol. The van der Waals surface area contributed by atoms with Crippen molar-refractivity contribution in [3.05, 3.63) is 33.7 Å². The van der Waals surface area contributed by atoms with Gasteiger partial charge in [0.05, 0.1) is 0 Å². The molecule has 1 atom stereocenters. The molecule has 1 rings (SSSR count). The summed E-state index contributed by atoms with van der Waals surface area (Å²) in [5, 5.41) is 11.1. The number of carboxylic acids is 1. The van der Waals surface area contributed by atoms with Crippen molar-refractivity contribution < 1.29 is 19.5 Å². The fourth-order valence-corrected chi connectivity index (χ4v) is 1.53. The highest BCUT2D eigenvalue weighted by molar-refractivity contribution is 5.96. The van der Waals surface area contributed by atoms with Crippen molar-refractivity contribution in [2.45, 2.75) is 25.8 Å². The lowest BCUT2D eigenvalue weighted by molar-refractivity contribution is -0.139. The summed E-state index contributed by atoms with van der Waals surface area (Å²) in [6, 6.07) is -0.0515. The van der Waals surface area contributed by atoms with E-state index in [1.165, 1.54) is 12.3 Å². The minimum Gasteiger partial charge on any atom is -0.480 e. The number of hydrogen-bond acceptors (Lipinski definition) is 4. The van der Waals surface area contributed by atoms with Gasteiger partial charge in [-0.05, 0) is 13.3 Å². The van der Waals surface area contributed by atoms with Gasteiger partial charge in [0.15, 0.2) is 5.43 Å². The molecule has 0 aliphatic rings.